The lowest BCUT2D eigenvalue weighted by atomic mass is 9.78. The van der Waals surface area contributed by atoms with E-state index in [1.165, 1.54) is 5.57 Å². The number of nitrogens with zero attached hydrogens (tertiary/aromatic N) is 2. The molecule has 3 aromatic carbocycles. The molecule has 0 spiro atoms. The first-order valence-corrected chi connectivity index (χ1v) is 11.9. The van der Waals surface area contributed by atoms with Crippen molar-refractivity contribution in [2.24, 2.45) is 15.9 Å². The lowest BCUT2D eigenvalue weighted by molar-refractivity contribution is 0.671. The third-order valence-electron chi connectivity index (χ3n) is 5.78. The predicted molar refractivity (Wildman–Crippen MR) is 138 cm³/mol. The van der Waals surface area contributed by atoms with E-state index in [1.807, 2.05) is 48.5 Å². The predicted octanol–water partition coefficient (Wildman–Crippen LogP) is 9.39. The molecule has 32 heavy (non-hydrogen) atoms. The first-order chi connectivity index (χ1) is 15.5. The molecule has 1 heterocycles. The Morgan fingerprint density at radius 1 is 0.719 bits per heavy atom. The van der Waals surface area contributed by atoms with E-state index in [2.05, 4.69) is 6.08 Å². The van der Waals surface area contributed by atoms with Gasteiger partial charge in [0.1, 0.15) is 0 Å². The highest BCUT2D eigenvalue weighted by Gasteiger charge is 2.32. The Bertz CT molecular complexity index is 1270. The van der Waals surface area contributed by atoms with E-state index in [1.54, 1.807) is 12.1 Å². The summed E-state index contributed by atoms with van der Waals surface area (Å²) in [5.41, 5.74) is 6.76. The zero-order chi connectivity index (χ0) is 22.2. The van der Waals surface area contributed by atoms with Crippen LogP contribution < -0.4 is 0 Å². The SMILES string of the molecule is Clc1ccc(/C=C2\CCCC3C2=Nc2cc(Cl)c(Cl)cc2N=C3c2ccc(Cl)cc2)cc1. The molecule has 0 amide bonds. The average Bonchev–Trinajstić information content (AvgIpc) is 2.94. The maximum Gasteiger partial charge on any atom is 0.0906 e. The van der Waals surface area contributed by atoms with E-state index in [-0.39, 0.29) is 5.92 Å². The highest BCUT2D eigenvalue weighted by Crippen LogP contribution is 2.42. The Hall–Kier alpha value is -2.10. The van der Waals surface area contributed by atoms with Crippen LogP contribution in [0.1, 0.15) is 30.4 Å². The second-order valence-corrected chi connectivity index (χ2v) is 9.61. The van der Waals surface area contributed by atoms with Crippen LogP contribution in [0.5, 0.6) is 0 Å². The number of allylic oxidation sites excluding steroid dienone is 1. The van der Waals surface area contributed by atoms with E-state index in [0.29, 0.717) is 15.1 Å². The van der Waals surface area contributed by atoms with Crippen molar-refractivity contribution in [3.8, 4) is 0 Å². The fraction of sp³-hybridized carbons (Fsp3) is 0.154. The Morgan fingerprint density at radius 2 is 1.28 bits per heavy atom. The van der Waals surface area contributed by atoms with Crippen molar-refractivity contribution in [1.82, 2.24) is 0 Å². The molecule has 160 valence electrons. The van der Waals surface area contributed by atoms with Gasteiger partial charge in [-0.1, -0.05) is 70.7 Å². The van der Waals surface area contributed by atoms with Crippen LogP contribution in [0.3, 0.4) is 0 Å². The summed E-state index contributed by atoms with van der Waals surface area (Å²) in [4.78, 5) is 10.1. The minimum Gasteiger partial charge on any atom is -0.250 e. The monoisotopic (exact) mass is 498 g/mol. The van der Waals surface area contributed by atoms with E-state index < -0.39 is 0 Å². The smallest absolute Gasteiger partial charge is 0.0906 e. The van der Waals surface area contributed by atoms with Crippen LogP contribution in [0, 0.1) is 5.92 Å². The van der Waals surface area contributed by atoms with E-state index >= 15 is 0 Å². The summed E-state index contributed by atoms with van der Waals surface area (Å²) in [6, 6.07) is 19.3. The molecule has 0 radical (unpaired) electrons. The second kappa shape index (κ2) is 9.03. The van der Waals surface area contributed by atoms with Crippen molar-refractivity contribution in [1.29, 1.82) is 0 Å². The first kappa shape index (κ1) is 21.7. The number of hydrogen-bond donors (Lipinski definition) is 0. The molecule has 2 aliphatic rings. The molecule has 1 fully saturated rings. The minimum absolute atomic E-state index is 0.0634. The van der Waals surface area contributed by atoms with Crippen LogP contribution in [0.25, 0.3) is 6.08 Å². The Balaban J connectivity index is 1.70. The first-order valence-electron chi connectivity index (χ1n) is 10.4. The normalized spacial score (nSPS) is 19.0. The van der Waals surface area contributed by atoms with Gasteiger partial charge in [0.2, 0.25) is 0 Å². The Morgan fingerprint density at radius 3 is 1.91 bits per heavy atom. The fourth-order valence-corrected chi connectivity index (χ4v) is 4.80. The summed E-state index contributed by atoms with van der Waals surface area (Å²) in [5, 5.41) is 2.35. The molecule has 1 aliphatic carbocycles. The summed E-state index contributed by atoms with van der Waals surface area (Å²) in [5.74, 6) is 0.0634. The van der Waals surface area contributed by atoms with Gasteiger partial charge in [-0.2, -0.15) is 0 Å². The second-order valence-electron chi connectivity index (χ2n) is 7.92. The Labute approximate surface area is 207 Å². The van der Waals surface area contributed by atoms with Gasteiger partial charge in [-0.15, -0.1) is 0 Å². The van der Waals surface area contributed by atoms with Gasteiger partial charge < -0.3 is 0 Å². The summed E-state index contributed by atoms with van der Waals surface area (Å²) in [6.07, 6.45) is 5.16. The number of benzene rings is 3. The molecule has 5 rings (SSSR count). The molecule has 1 unspecified atom stereocenters. The molecule has 3 aromatic rings. The molecule has 6 heteroatoms. The van der Waals surface area contributed by atoms with Crippen molar-refractivity contribution in [2.45, 2.75) is 19.3 Å². The summed E-state index contributed by atoms with van der Waals surface area (Å²) < 4.78 is 0. The highest BCUT2D eigenvalue weighted by atomic mass is 35.5. The zero-order valence-corrected chi connectivity index (χ0v) is 20.0. The van der Waals surface area contributed by atoms with Crippen LogP contribution in [-0.4, -0.2) is 11.4 Å². The fourth-order valence-electron chi connectivity index (χ4n) is 4.24. The molecule has 1 atom stereocenters. The highest BCUT2D eigenvalue weighted by molar-refractivity contribution is 6.42. The maximum atomic E-state index is 6.33. The van der Waals surface area contributed by atoms with Crippen molar-refractivity contribution in [2.75, 3.05) is 0 Å². The molecular formula is C26H18Cl4N2. The van der Waals surface area contributed by atoms with Crippen LogP contribution in [0.4, 0.5) is 11.4 Å². The van der Waals surface area contributed by atoms with Crippen molar-refractivity contribution >= 4 is 75.3 Å². The molecule has 1 aliphatic heterocycles. The van der Waals surface area contributed by atoms with Crippen LogP contribution in [-0.2, 0) is 0 Å². The van der Waals surface area contributed by atoms with Crippen LogP contribution in [0.15, 0.2) is 76.2 Å². The molecule has 0 saturated heterocycles. The molecular weight excluding hydrogens is 482 g/mol. The number of rotatable bonds is 2. The third-order valence-corrected chi connectivity index (χ3v) is 7.00. The quantitative estimate of drug-likeness (QED) is 0.335. The van der Waals surface area contributed by atoms with E-state index in [0.717, 1.165) is 58.2 Å². The van der Waals surface area contributed by atoms with Crippen molar-refractivity contribution in [3.05, 3.63) is 97.5 Å². The van der Waals surface area contributed by atoms with E-state index in [4.69, 9.17) is 56.4 Å². The topological polar surface area (TPSA) is 24.7 Å². The van der Waals surface area contributed by atoms with Crippen LogP contribution >= 0.6 is 46.4 Å². The van der Waals surface area contributed by atoms with Gasteiger partial charge >= 0.3 is 0 Å². The lowest BCUT2D eigenvalue weighted by Gasteiger charge is -2.27. The van der Waals surface area contributed by atoms with Gasteiger partial charge in [0.25, 0.3) is 0 Å². The largest absolute Gasteiger partial charge is 0.250 e. The number of hydrogen-bond acceptors (Lipinski definition) is 2. The molecule has 1 saturated carbocycles. The van der Waals surface area contributed by atoms with Crippen molar-refractivity contribution in [3.63, 3.8) is 0 Å². The van der Waals surface area contributed by atoms with Gasteiger partial charge in [0, 0.05) is 16.0 Å². The lowest BCUT2D eigenvalue weighted by Crippen LogP contribution is -2.29. The third kappa shape index (κ3) is 4.38. The van der Waals surface area contributed by atoms with Gasteiger partial charge in [-0.3, -0.25) is 4.99 Å². The molecule has 0 N–H and O–H groups in total. The Kier molecular flexibility index (Phi) is 6.14. The van der Waals surface area contributed by atoms with E-state index in [9.17, 15) is 0 Å². The van der Waals surface area contributed by atoms with Crippen molar-refractivity contribution < 1.29 is 0 Å². The number of halogens is 4. The molecule has 0 bridgehead atoms. The summed E-state index contributed by atoms with van der Waals surface area (Å²) in [7, 11) is 0. The van der Waals surface area contributed by atoms with Gasteiger partial charge in [0.05, 0.1) is 32.8 Å². The minimum atomic E-state index is 0.0634. The van der Waals surface area contributed by atoms with Gasteiger partial charge in [-0.25, -0.2) is 4.99 Å². The van der Waals surface area contributed by atoms with Gasteiger partial charge in [0.15, 0.2) is 0 Å². The average molecular weight is 500 g/mol. The number of aliphatic imine (C=N–C) groups is 2. The standard InChI is InChI=1S/C26H18Cl4N2/c27-18-8-4-15(5-9-18)12-17-2-1-3-20-25(16-6-10-19(28)11-7-16)31-23-13-21(29)22(30)14-24(23)32-26(17)20/h4-14,20H,1-3H2/b17-12+. The summed E-state index contributed by atoms with van der Waals surface area (Å²) >= 11 is 24.9. The molecule has 0 aromatic heterocycles. The zero-order valence-electron chi connectivity index (χ0n) is 17.0. The van der Waals surface area contributed by atoms with Crippen LogP contribution in [0.2, 0.25) is 20.1 Å². The van der Waals surface area contributed by atoms with Gasteiger partial charge in [-0.05, 0) is 78.4 Å². The number of fused-ring (bicyclic) bond motifs is 2. The molecule has 2 nitrogen and oxygen atoms in total. The summed E-state index contributed by atoms with van der Waals surface area (Å²) in [6.45, 7) is 0. The maximum absolute atomic E-state index is 6.33.